The first-order valence-electron chi connectivity index (χ1n) is 6.49. The Kier molecular flexibility index (Phi) is 4.65. The van der Waals surface area contributed by atoms with E-state index in [1.54, 1.807) is 18.2 Å². The molecule has 1 aromatic carbocycles. The normalized spacial score (nSPS) is 20.9. The van der Waals surface area contributed by atoms with E-state index in [-0.39, 0.29) is 5.91 Å². The maximum absolute atomic E-state index is 12.1. The first-order chi connectivity index (χ1) is 9.52. The molecular weight excluding hydrogens is 326 g/mol. The molecule has 5 nitrogen and oxygen atoms in total. The molecule has 1 fully saturated rings. The molecule has 108 valence electrons. The van der Waals surface area contributed by atoms with E-state index in [0.717, 1.165) is 4.47 Å². The summed E-state index contributed by atoms with van der Waals surface area (Å²) >= 11 is 3.34. The fourth-order valence-corrected chi connectivity index (χ4v) is 2.55. The van der Waals surface area contributed by atoms with Crippen LogP contribution in [0, 0.1) is 11.8 Å². The molecule has 0 bridgehead atoms. The minimum absolute atomic E-state index is 0.257. The summed E-state index contributed by atoms with van der Waals surface area (Å²) in [6.07, 6.45) is 1.18. The van der Waals surface area contributed by atoms with Crippen LogP contribution >= 0.6 is 15.9 Å². The number of carboxylic acid groups (broad SMARTS) is 1. The number of amides is 1. The molecule has 1 saturated carbocycles. The van der Waals surface area contributed by atoms with Gasteiger partial charge in [-0.1, -0.05) is 15.9 Å². The third-order valence-corrected chi connectivity index (χ3v) is 3.92. The highest BCUT2D eigenvalue weighted by molar-refractivity contribution is 9.10. The Balaban J connectivity index is 2.10. The van der Waals surface area contributed by atoms with Gasteiger partial charge in [0.2, 0.25) is 5.91 Å². The third-order valence-electron chi connectivity index (χ3n) is 3.43. The summed E-state index contributed by atoms with van der Waals surface area (Å²) < 4.78 is 6.32. The van der Waals surface area contributed by atoms with E-state index in [9.17, 15) is 9.59 Å². The quantitative estimate of drug-likeness (QED) is 0.863. The van der Waals surface area contributed by atoms with Crippen LogP contribution in [0.5, 0.6) is 5.75 Å². The summed E-state index contributed by atoms with van der Waals surface area (Å²) in [5, 5.41) is 11.7. The van der Waals surface area contributed by atoms with E-state index < -0.39 is 17.8 Å². The van der Waals surface area contributed by atoms with Gasteiger partial charge in [0.25, 0.3) is 0 Å². The van der Waals surface area contributed by atoms with Crippen LogP contribution < -0.4 is 10.1 Å². The second-order valence-electron chi connectivity index (χ2n) is 4.69. The van der Waals surface area contributed by atoms with Gasteiger partial charge in [0.15, 0.2) is 0 Å². The average molecular weight is 342 g/mol. The number of carbonyl (C=O) groups excluding carboxylic acids is 1. The highest BCUT2D eigenvalue weighted by Gasteiger charge is 2.41. The fourth-order valence-electron chi connectivity index (χ4n) is 2.21. The topological polar surface area (TPSA) is 75.6 Å². The molecule has 0 saturated heterocycles. The van der Waals surface area contributed by atoms with Gasteiger partial charge >= 0.3 is 5.97 Å². The zero-order chi connectivity index (χ0) is 14.7. The van der Waals surface area contributed by atoms with Crippen molar-refractivity contribution in [1.82, 2.24) is 0 Å². The van der Waals surface area contributed by atoms with Crippen molar-refractivity contribution in [3.05, 3.63) is 22.7 Å². The van der Waals surface area contributed by atoms with Gasteiger partial charge in [-0.05, 0) is 38.0 Å². The number of rotatable bonds is 5. The molecule has 0 radical (unpaired) electrons. The summed E-state index contributed by atoms with van der Waals surface area (Å²) in [7, 11) is 0. The van der Waals surface area contributed by atoms with Gasteiger partial charge in [-0.3, -0.25) is 9.59 Å². The molecular formula is C14H16BrNO4. The van der Waals surface area contributed by atoms with Crippen molar-refractivity contribution in [1.29, 1.82) is 0 Å². The van der Waals surface area contributed by atoms with Crippen LogP contribution in [-0.2, 0) is 9.59 Å². The lowest BCUT2D eigenvalue weighted by atomic mass is 9.73. The number of halogens is 1. The second-order valence-corrected chi connectivity index (χ2v) is 5.61. The number of aliphatic carboxylic acids is 1. The molecule has 2 N–H and O–H groups in total. The Morgan fingerprint density at radius 3 is 2.65 bits per heavy atom. The van der Waals surface area contributed by atoms with Crippen LogP contribution in [0.1, 0.15) is 19.8 Å². The van der Waals surface area contributed by atoms with Crippen LogP contribution in [-0.4, -0.2) is 23.6 Å². The van der Waals surface area contributed by atoms with Crippen molar-refractivity contribution >= 4 is 33.5 Å². The lowest BCUT2D eigenvalue weighted by molar-refractivity contribution is -0.151. The van der Waals surface area contributed by atoms with Crippen LogP contribution in [0.4, 0.5) is 5.69 Å². The SMILES string of the molecule is CCOc1cc(Br)ccc1NC(=O)[C@@H]1CC[C@@H]1C(=O)O. The summed E-state index contributed by atoms with van der Waals surface area (Å²) in [5.41, 5.74) is 0.566. The monoisotopic (exact) mass is 341 g/mol. The van der Waals surface area contributed by atoms with Gasteiger partial charge in [-0.15, -0.1) is 0 Å². The van der Waals surface area contributed by atoms with E-state index in [1.807, 2.05) is 6.92 Å². The summed E-state index contributed by atoms with van der Waals surface area (Å²) in [4.78, 5) is 23.1. The Morgan fingerprint density at radius 1 is 1.40 bits per heavy atom. The second kappa shape index (κ2) is 6.26. The highest BCUT2D eigenvalue weighted by Crippen LogP contribution is 2.36. The van der Waals surface area contributed by atoms with Crippen molar-refractivity contribution in [3.63, 3.8) is 0 Å². The number of benzene rings is 1. The van der Waals surface area contributed by atoms with E-state index >= 15 is 0 Å². The molecule has 0 aliphatic heterocycles. The Morgan fingerprint density at radius 2 is 2.10 bits per heavy atom. The number of anilines is 1. The fraction of sp³-hybridized carbons (Fsp3) is 0.429. The van der Waals surface area contributed by atoms with E-state index in [2.05, 4.69) is 21.2 Å². The van der Waals surface area contributed by atoms with Gasteiger partial charge in [0, 0.05) is 4.47 Å². The Labute approximate surface area is 125 Å². The number of carboxylic acids is 1. The first-order valence-corrected chi connectivity index (χ1v) is 7.28. The molecule has 0 spiro atoms. The molecule has 2 rings (SSSR count). The molecule has 6 heteroatoms. The standard InChI is InChI=1S/C14H16BrNO4/c1-2-20-12-7-8(15)3-6-11(12)16-13(17)9-4-5-10(9)14(18)19/h3,6-7,9-10H,2,4-5H2,1H3,(H,16,17)(H,18,19)/t9-,10+/m1/s1. The van der Waals surface area contributed by atoms with E-state index in [0.29, 0.717) is 30.9 Å². The maximum atomic E-state index is 12.1. The minimum atomic E-state index is -0.905. The molecule has 0 unspecified atom stereocenters. The van der Waals surface area contributed by atoms with Crippen LogP contribution in [0.25, 0.3) is 0 Å². The van der Waals surface area contributed by atoms with E-state index in [1.165, 1.54) is 0 Å². The number of carbonyl (C=O) groups is 2. The van der Waals surface area contributed by atoms with Crippen molar-refractivity contribution in [2.45, 2.75) is 19.8 Å². The smallest absolute Gasteiger partial charge is 0.307 e. The Hall–Kier alpha value is -1.56. The predicted octanol–water partition coefficient (Wildman–Crippen LogP) is 2.90. The van der Waals surface area contributed by atoms with Crippen molar-refractivity contribution in [3.8, 4) is 5.75 Å². The van der Waals surface area contributed by atoms with Gasteiger partial charge in [0.05, 0.1) is 24.1 Å². The van der Waals surface area contributed by atoms with Crippen LogP contribution in [0.3, 0.4) is 0 Å². The average Bonchev–Trinajstić information content (AvgIpc) is 2.30. The van der Waals surface area contributed by atoms with Gasteiger partial charge in [-0.25, -0.2) is 0 Å². The van der Waals surface area contributed by atoms with Gasteiger partial charge in [-0.2, -0.15) is 0 Å². The van der Waals surface area contributed by atoms with Crippen molar-refractivity contribution < 1.29 is 19.4 Å². The molecule has 1 amide bonds. The summed E-state index contributed by atoms with van der Waals surface area (Å²) in [6.45, 7) is 2.35. The number of nitrogens with one attached hydrogen (secondary N) is 1. The molecule has 1 aliphatic rings. The third kappa shape index (κ3) is 3.12. The number of hydrogen-bond acceptors (Lipinski definition) is 3. The van der Waals surface area contributed by atoms with Gasteiger partial charge < -0.3 is 15.2 Å². The number of hydrogen-bond donors (Lipinski definition) is 2. The lowest BCUT2D eigenvalue weighted by Gasteiger charge is -2.32. The zero-order valence-electron chi connectivity index (χ0n) is 11.1. The van der Waals surface area contributed by atoms with Gasteiger partial charge in [0.1, 0.15) is 5.75 Å². The van der Waals surface area contributed by atoms with Crippen molar-refractivity contribution in [2.75, 3.05) is 11.9 Å². The molecule has 1 aromatic rings. The van der Waals surface area contributed by atoms with Crippen LogP contribution in [0.15, 0.2) is 22.7 Å². The Bertz CT molecular complexity index is 532. The summed E-state index contributed by atoms with van der Waals surface area (Å²) in [6, 6.07) is 5.31. The maximum Gasteiger partial charge on any atom is 0.307 e. The largest absolute Gasteiger partial charge is 0.492 e. The highest BCUT2D eigenvalue weighted by atomic mass is 79.9. The van der Waals surface area contributed by atoms with Crippen LogP contribution in [0.2, 0.25) is 0 Å². The van der Waals surface area contributed by atoms with Crippen molar-refractivity contribution in [2.24, 2.45) is 11.8 Å². The predicted molar refractivity (Wildman–Crippen MR) is 77.8 cm³/mol. The number of ether oxygens (including phenoxy) is 1. The minimum Gasteiger partial charge on any atom is -0.492 e. The molecule has 0 aromatic heterocycles. The van der Waals surface area contributed by atoms with E-state index in [4.69, 9.17) is 9.84 Å². The molecule has 0 heterocycles. The lowest BCUT2D eigenvalue weighted by Crippen LogP contribution is -2.41. The summed E-state index contributed by atoms with van der Waals surface area (Å²) in [5.74, 6) is -1.61. The molecule has 2 atom stereocenters. The zero-order valence-corrected chi connectivity index (χ0v) is 12.6. The molecule has 20 heavy (non-hydrogen) atoms. The molecule has 1 aliphatic carbocycles. The first kappa shape index (κ1) is 14.8.